The van der Waals surface area contributed by atoms with Gasteiger partial charge in [-0.15, -0.1) is 12.4 Å². The number of halogens is 1. The molecule has 0 aromatic heterocycles. The van der Waals surface area contributed by atoms with Gasteiger partial charge in [-0.05, 0) is 5.92 Å². The van der Waals surface area contributed by atoms with Crippen LogP contribution in [-0.4, -0.2) is 29.9 Å². The molecular weight excluding hydrogens is 176 g/mol. The van der Waals surface area contributed by atoms with Crippen LogP contribution in [0.3, 0.4) is 0 Å². The first-order valence-corrected chi connectivity index (χ1v) is 4.13. The molecule has 1 aliphatic rings. The van der Waals surface area contributed by atoms with E-state index in [2.05, 4.69) is 13.8 Å². The molecule has 0 radical (unpaired) electrons. The molecule has 1 fully saturated rings. The van der Waals surface area contributed by atoms with Crippen molar-refractivity contribution in [3.8, 4) is 0 Å². The van der Waals surface area contributed by atoms with Crippen LogP contribution in [0.4, 0.5) is 0 Å². The van der Waals surface area contributed by atoms with Gasteiger partial charge in [0.2, 0.25) is 5.91 Å². The Morgan fingerprint density at radius 3 is 2.58 bits per heavy atom. The highest BCUT2D eigenvalue weighted by atomic mass is 35.5. The van der Waals surface area contributed by atoms with Crippen molar-refractivity contribution in [2.75, 3.05) is 13.1 Å². The molecule has 0 saturated carbocycles. The first-order valence-electron chi connectivity index (χ1n) is 4.13. The van der Waals surface area contributed by atoms with E-state index in [1.165, 1.54) is 0 Å². The van der Waals surface area contributed by atoms with Crippen LogP contribution in [0.5, 0.6) is 0 Å². The number of carbonyl (C=O) groups excluding carboxylic acids is 1. The van der Waals surface area contributed by atoms with Gasteiger partial charge in [0, 0.05) is 25.6 Å². The van der Waals surface area contributed by atoms with Crippen LogP contribution in [0.15, 0.2) is 0 Å². The van der Waals surface area contributed by atoms with E-state index in [0.717, 1.165) is 13.1 Å². The number of nitrogens with two attached hydrogens (primary N) is 1. The average Bonchev–Trinajstić information content (AvgIpc) is 2.09. The van der Waals surface area contributed by atoms with Crippen LogP contribution >= 0.6 is 12.4 Å². The third-order valence-electron chi connectivity index (χ3n) is 1.83. The van der Waals surface area contributed by atoms with E-state index in [4.69, 9.17) is 5.73 Å². The van der Waals surface area contributed by atoms with Crippen molar-refractivity contribution in [2.45, 2.75) is 26.3 Å². The van der Waals surface area contributed by atoms with Crippen molar-refractivity contribution >= 4 is 18.3 Å². The molecule has 1 amide bonds. The first-order chi connectivity index (χ1) is 5.09. The molecule has 2 N–H and O–H groups in total. The Kier molecular flexibility index (Phi) is 4.57. The van der Waals surface area contributed by atoms with E-state index in [9.17, 15) is 4.79 Å². The topological polar surface area (TPSA) is 46.3 Å². The summed E-state index contributed by atoms with van der Waals surface area (Å²) in [5, 5.41) is 0. The zero-order valence-electron chi connectivity index (χ0n) is 7.62. The van der Waals surface area contributed by atoms with E-state index in [1.54, 1.807) is 0 Å². The normalized spacial score (nSPS) is 23.2. The van der Waals surface area contributed by atoms with Gasteiger partial charge in [-0.1, -0.05) is 13.8 Å². The molecule has 1 rings (SSSR count). The third-order valence-corrected chi connectivity index (χ3v) is 1.83. The second-order valence-corrected chi connectivity index (χ2v) is 3.66. The van der Waals surface area contributed by atoms with Gasteiger partial charge >= 0.3 is 0 Å². The third kappa shape index (κ3) is 2.99. The summed E-state index contributed by atoms with van der Waals surface area (Å²) < 4.78 is 0. The lowest BCUT2D eigenvalue weighted by Gasteiger charge is -2.17. The first kappa shape index (κ1) is 11.7. The molecule has 1 heterocycles. The fraction of sp³-hybridized carbons (Fsp3) is 0.875. The Bertz CT molecular complexity index is 161. The fourth-order valence-corrected chi connectivity index (χ4v) is 1.42. The molecule has 1 aliphatic heterocycles. The van der Waals surface area contributed by atoms with E-state index >= 15 is 0 Å². The molecule has 1 saturated heterocycles. The highest BCUT2D eigenvalue weighted by Crippen LogP contribution is 2.10. The predicted octanol–water partition coefficient (Wildman–Crippen LogP) is 0.624. The SMILES string of the molecule is CC(C)CN1CC(N)CC1=O.Cl. The summed E-state index contributed by atoms with van der Waals surface area (Å²) in [5.74, 6) is 0.760. The second-order valence-electron chi connectivity index (χ2n) is 3.66. The molecule has 0 bridgehead atoms. The maximum atomic E-state index is 11.2. The Labute approximate surface area is 79.7 Å². The number of amides is 1. The van der Waals surface area contributed by atoms with Gasteiger partial charge in [0.05, 0.1) is 0 Å². The fourth-order valence-electron chi connectivity index (χ4n) is 1.42. The predicted molar refractivity (Wildman–Crippen MR) is 51.3 cm³/mol. The van der Waals surface area contributed by atoms with E-state index in [0.29, 0.717) is 12.3 Å². The summed E-state index contributed by atoms with van der Waals surface area (Å²) in [5.41, 5.74) is 5.63. The summed E-state index contributed by atoms with van der Waals surface area (Å²) in [4.78, 5) is 13.0. The standard InChI is InChI=1S/C8H16N2O.ClH/c1-6(2)4-10-5-7(9)3-8(10)11;/h6-7H,3-5,9H2,1-2H3;1H. The van der Waals surface area contributed by atoms with Crippen molar-refractivity contribution in [1.29, 1.82) is 0 Å². The average molecular weight is 193 g/mol. The smallest absolute Gasteiger partial charge is 0.224 e. The largest absolute Gasteiger partial charge is 0.341 e. The van der Waals surface area contributed by atoms with Gasteiger partial charge in [0.15, 0.2) is 0 Å². The highest BCUT2D eigenvalue weighted by molar-refractivity contribution is 5.85. The number of hydrogen-bond acceptors (Lipinski definition) is 2. The number of nitrogens with zero attached hydrogens (tertiary/aromatic N) is 1. The van der Waals surface area contributed by atoms with E-state index in [-0.39, 0.29) is 24.4 Å². The molecular formula is C8H17ClN2O. The lowest BCUT2D eigenvalue weighted by atomic mass is 10.2. The van der Waals surface area contributed by atoms with Gasteiger partial charge in [-0.2, -0.15) is 0 Å². The minimum absolute atomic E-state index is 0. The van der Waals surface area contributed by atoms with Crippen LogP contribution in [0.1, 0.15) is 20.3 Å². The van der Waals surface area contributed by atoms with E-state index < -0.39 is 0 Å². The Hall–Kier alpha value is -0.280. The Morgan fingerprint density at radius 1 is 1.67 bits per heavy atom. The van der Waals surface area contributed by atoms with Gasteiger partial charge in [0.25, 0.3) is 0 Å². The molecule has 72 valence electrons. The Balaban J connectivity index is 0.00000121. The highest BCUT2D eigenvalue weighted by Gasteiger charge is 2.26. The van der Waals surface area contributed by atoms with Crippen LogP contribution in [-0.2, 0) is 4.79 Å². The summed E-state index contributed by atoms with van der Waals surface area (Å²) in [6.45, 7) is 5.82. The zero-order valence-corrected chi connectivity index (χ0v) is 8.43. The lowest BCUT2D eigenvalue weighted by molar-refractivity contribution is -0.128. The maximum absolute atomic E-state index is 11.2. The van der Waals surface area contributed by atoms with Crippen molar-refractivity contribution in [1.82, 2.24) is 4.90 Å². The molecule has 1 atom stereocenters. The van der Waals surface area contributed by atoms with Crippen LogP contribution < -0.4 is 5.73 Å². The van der Waals surface area contributed by atoms with Crippen LogP contribution in [0, 0.1) is 5.92 Å². The van der Waals surface area contributed by atoms with Crippen molar-refractivity contribution in [2.24, 2.45) is 11.7 Å². The molecule has 0 spiro atoms. The number of likely N-dealkylation sites (tertiary alicyclic amines) is 1. The molecule has 1 unspecified atom stereocenters. The van der Waals surface area contributed by atoms with Crippen molar-refractivity contribution in [3.63, 3.8) is 0 Å². The molecule has 0 aromatic rings. The minimum Gasteiger partial charge on any atom is -0.341 e. The number of carbonyl (C=O) groups is 1. The van der Waals surface area contributed by atoms with Gasteiger partial charge in [-0.3, -0.25) is 4.79 Å². The van der Waals surface area contributed by atoms with Crippen molar-refractivity contribution < 1.29 is 4.79 Å². The second kappa shape index (κ2) is 4.67. The summed E-state index contributed by atoms with van der Waals surface area (Å²) in [7, 11) is 0. The van der Waals surface area contributed by atoms with Crippen LogP contribution in [0.25, 0.3) is 0 Å². The van der Waals surface area contributed by atoms with Gasteiger partial charge in [0.1, 0.15) is 0 Å². The monoisotopic (exact) mass is 192 g/mol. The van der Waals surface area contributed by atoms with Gasteiger partial charge < -0.3 is 10.6 Å². The lowest BCUT2D eigenvalue weighted by Crippen LogP contribution is -2.31. The molecule has 12 heavy (non-hydrogen) atoms. The summed E-state index contributed by atoms with van der Waals surface area (Å²) >= 11 is 0. The molecule has 4 heteroatoms. The molecule has 3 nitrogen and oxygen atoms in total. The van der Waals surface area contributed by atoms with Crippen LogP contribution in [0.2, 0.25) is 0 Å². The number of hydrogen-bond donors (Lipinski definition) is 1. The van der Waals surface area contributed by atoms with Gasteiger partial charge in [-0.25, -0.2) is 0 Å². The minimum atomic E-state index is 0. The zero-order chi connectivity index (χ0) is 8.43. The van der Waals surface area contributed by atoms with E-state index in [1.807, 2.05) is 4.90 Å². The maximum Gasteiger partial charge on any atom is 0.224 e. The quantitative estimate of drug-likeness (QED) is 0.698. The summed E-state index contributed by atoms with van der Waals surface area (Å²) in [6, 6.07) is 0.0706. The molecule has 0 aromatic carbocycles. The summed E-state index contributed by atoms with van der Waals surface area (Å²) in [6.07, 6.45) is 0.534. The molecule has 0 aliphatic carbocycles. The number of rotatable bonds is 2. The Morgan fingerprint density at radius 2 is 2.25 bits per heavy atom. The van der Waals surface area contributed by atoms with Crippen molar-refractivity contribution in [3.05, 3.63) is 0 Å².